The fourth-order valence-corrected chi connectivity index (χ4v) is 3.99. The molecule has 3 heterocycles. The molecule has 3 aromatic rings. The highest BCUT2D eigenvalue weighted by Gasteiger charge is 2.23. The van der Waals surface area contributed by atoms with Gasteiger partial charge in [-0.2, -0.15) is 5.10 Å². The van der Waals surface area contributed by atoms with Gasteiger partial charge >= 0.3 is 6.03 Å². The van der Waals surface area contributed by atoms with E-state index in [4.69, 9.17) is 0 Å². The largest absolute Gasteiger partial charge is 0.335 e. The van der Waals surface area contributed by atoms with Crippen LogP contribution in [0.1, 0.15) is 24.4 Å². The summed E-state index contributed by atoms with van der Waals surface area (Å²) in [6.45, 7) is 2.64. The van der Waals surface area contributed by atoms with Crippen LogP contribution in [-0.4, -0.2) is 36.1 Å². The molecular weight excluding hydrogens is 400 g/mol. The molecule has 4 N–H and O–H groups in total. The van der Waals surface area contributed by atoms with E-state index in [0.29, 0.717) is 12.6 Å². The Balaban J connectivity index is 1.26. The van der Waals surface area contributed by atoms with E-state index >= 15 is 0 Å². The van der Waals surface area contributed by atoms with Gasteiger partial charge in [0.25, 0.3) is 0 Å². The molecule has 0 spiro atoms. The number of imidazole rings is 1. The summed E-state index contributed by atoms with van der Waals surface area (Å²) in [5, 5.41) is 16.3. The van der Waals surface area contributed by atoms with Crippen LogP contribution in [0.25, 0.3) is 5.82 Å². The minimum Gasteiger partial charge on any atom is -0.335 e. The number of fused-ring (bicyclic) bond motifs is 1. The van der Waals surface area contributed by atoms with Crippen LogP contribution < -0.4 is 16.0 Å². The van der Waals surface area contributed by atoms with Crippen molar-refractivity contribution in [1.82, 2.24) is 29.4 Å². The van der Waals surface area contributed by atoms with Gasteiger partial charge in [0.05, 0.1) is 12.7 Å². The lowest BCUT2D eigenvalue weighted by molar-refractivity contribution is 0.251. The van der Waals surface area contributed by atoms with Gasteiger partial charge in [-0.15, -0.1) is 0 Å². The molecule has 2 amide bonds. The highest BCUT2D eigenvalue weighted by atomic mass is 32.2. The van der Waals surface area contributed by atoms with Gasteiger partial charge in [-0.3, -0.25) is 9.67 Å². The van der Waals surface area contributed by atoms with Crippen LogP contribution in [0, 0.1) is 6.92 Å². The SMILES string of the molecule is Cc1cc(NC2=CN(Sc3ccc(NC(=O)NC4CC4)cc3)Cc3nccn32)n[nH]1. The zero-order chi connectivity index (χ0) is 20.5. The maximum absolute atomic E-state index is 11.9. The topological polar surface area (TPSA) is 103 Å². The van der Waals surface area contributed by atoms with E-state index in [9.17, 15) is 4.79 Å². The van der Waals surface area contributed by atoms with Crippen LogP contribution in [0.15, 0.2) is 53.8 Å². The summed E-state index contributed by atoms with van der Waals surface area (Å²) in [7, 11) is 0. The summed E-state index contributed by atoms with van der Waals surface area (Å²) in [5.74, 6) is 2.57. The highest BCUT2D eigenvalue weighted by molar-refractivity contribution is 7.97. The standard InChI is InChI=1S/C20H22N8OS/c1-13-10-17(26-25-13)24-19-12-27(11-18-21-8-9-28(18)19)30-16-6-4-15(5-7-16)23-20(29)22-14-2-3-14/h4-10,12,14H,2-3,11H2,1H3,(H2,22,23,29)(H2,24,25,26). The van der Waals surface area contributed by atoms with Crippen molar-refractivity contribution < 1.29 is 4.79 Å². The quantitative estimate of drug-likeness (QED) is 0.453. The van der Waals surface area contributed by atoms with Gasteiger partial charge in [0.1, 0.15) is 11.6 Å². The average Bonchev–Trinajstić information content (AvgIpc) is 3.22. The third-order valence-corrected chi connectivity index (χ3v) is 5.70. The van der Waals surface area contributed by atoms with E-state index in [-0.39, 0.29) is 6.03 Å². The Labute approximate surface area is 178 Å². The first-order valence-corrected chi connectivity index (χ1v) is 10.6. The van der Waals surface area contributed by atoms with Crippen molar-refractivity contribution in [1.29, 1.82) is 0 Å². The van der Waals surface area contributed by atoms with E-state index in [1.807, 2.05) is 54.2 Å². The Morgan fingerprint density at radius 1 is 1.27 bits per heavy atom. The van der Waals surface area contributed by atoms with E-state index < -0.39 is 0 Å². The minimum absolute atomic E-state index is 0.145. The van der Waals surface area contributed by atoms with Crippen molar-refractivity contribution in [3.8, 4) is 0 Å². The van der Waals surface area contributed by atoms with Crippen LogP contribution in [0.4, 0.5) is 16.3 Å². The third-order valence-electron chi connectivity index (χ3n) is 4.75. The molecule has 1 aromatic carbocycles. The maximum atomic E-state index is 11.9. The lowest BCUT2D eigenvalue weighted by atomic mass is 10.3. The zero-order valence-electron chi connectivity index (χ0n) is 16.4. The Kier molecular flexibility index (Phi) is 4.83. The molecule has 1 aliphatic carbocycles. The van der Waals surface area contributed by atoms with Crippen molar-refractivity contribution in [3.63, 3.8) is 0 Å². The average molecular weight is 423 g/mol. The van der Waals surface area contributed by atoms with E-state index in [2.05, 4.69) is 35.4 Å². The number of carbonyl (C=O) groups excluding carboxylic acids is 1. The predicted octanol–water partition coefficient (Wildman–Crippen LogP) is 3.59. The normalized spacial score (nSPS) is 15.4. The molecule has 154 valence electrons. The first kappa shape index (κ1) is 18.6. The second-order valence-corrected chi connectivity index (χ2v) is 8.48. The summed E-state index contributed by atoms with van der Waals surface area (Å²) >= 11 is 1.61. The van der Waals surface area contributed by atoms with E-state index in [1.54, 1.807) is 18.1 Å². The number of hydrogen-bond acceptors (Lipinski definition) is 6. The molecule has 10 heteroatoms. The van der Waals surface area contributed by atoms with Gasteiger partial charge in [0.15, 0.2) is 5.82 Å². The molecule has 9 nitrogen and oxygen atoms in total. The van der Waals surface area contributed by atoms with Gasteiger partial charge in [0, 0.05) is 40.8 Å². The second-order valence-electron chi connectivity index (χ2n) is 7.35. The predicted molar refractivity (Wildman–Crippen MR) is 116 cm³/mol. The summed E-state index contributed by atoms with van der Waals surface area (Å²) in [6.07, 6.45) is 7.91. The molecular formula is C20H22N8OS. The summed E-state index contributed by atoms with van der Waals surface area (Å²) in [4.78, 5) is 17.4. The smallest absolute Gasteiger partial charge is 0.319 e. The van der Waals surface area contributed by atoms with Crippen LogP contribution >= 0.6 is 11.9 Å². The number of carbonyl (C=O) groups is 1. The Morgan fingerprint density at radius 2 is 2.10 bits per heavy atom. The van der Waals surface area contributed by atoms with Gasteiger partial charge in [0.2, 0.25) is 0 Å². The second kappa shape index (κ2) is 7.79. The molecule has 5 rings (SSSR count). The van der Waals surface area contributed by atoms with Crippen molar-refractivity contribution in [2.45, 2.75) is 37.2 Å². The Morgan fingerprint density at radius 3 is 2.83 bits per heavy atom. The zero-order valence-corrected chi connectivity index (χ0v) is 17.2. The number of anilines is 2. The lowest BCUT2D eigenvalue weighted by Crippen LogP contribution is -2.30. The fourth-order valence-electron chi connectivity index (χ4n) is 3.13. The molecule has 1 fully saturated rings. The Bertz CT molecular complexity index is 1080. The van der Waals surface area contributed by atoms with Gasteiger partial charge in [-0.05, 0) is 56.0 Å². The van der Waals surface area contributed by atoms with Crippen LogP contribution in [0.2, 0.25) is 0 Å². The van der Waals surface area contributed by atoms with Gasteiger partial charge in [-0.1, -0.05) is 0 Å². The maximum Gasteiger partial charge on any atom is 0.319 e. The van der Waals surface area contributed by atoms with Crippen molar-refractivity contribution in [2.24, 2.45) is 0 Å². The summed E-state index contributed by atoms with van der Waals surface area (Å²) in [6, 6.07) is 9.96. The number of benzene rings is 1. The molecule has 2 aromatic heterocycles. The highest BCUT2D eigenvalue weighted by Crippen LogP contribution is 2.30. The first-order valence-electron chi connectivity index (χ1n) is 9.78. The number of hydrogen-bond donors (Lipinski definition) is 4. The van der Waals surface area contributed by atoms with Gasteiger partial charge < -0.3 is 20.3 Å². The summed E-state index contributed by atoms with van der Waals surface area (Å²) < 4.78 is 4.14. The number of amides is 2. The molecule has 0 radical (unpaired) electrons. The monoisotopic (exact) mass is 422 g/mol. The number of aromatic amines is 1. The molecule has 0 saturated heterocycles. The molecule has 0 unspecified atom stereocenters. The van der Waals surface area contributed by atoms with E-state index in [1.165, 1.54) is 0 Å². The van der Waals surface area contributed by atoms with Crippen LogP contribution in [0.3, 0.4) is 0 Å². The number of aromatic nitrogens is 4. The van der Waals surface area contributed by atoms with Crippen molar-refractivity contribution in [2.75, 3.05) is 10.6 Å². The molecule has 0 bridgehead atoms. The summed E-state index contributed by atoms with van der Waals surface area (Å²) in [5.41, 5.74) is 1.77. The van der Waals surface area contributed by atoms with Gasteiger partial charge in [-0.25, -0.2) is 9.78 Å². The fraction of sp³-hybridized carbons (Fsp3) is 0.250. The lowest BCUT2D eigenvalue weighted by Gasteiger charge is -2.26. The van der Waals surface area contributed by atoms with Crippen molar-refractivity contribution in [3.05, 3.63) is 60.4 Å². The van der Waals surface area contributed by atoms with E-state index in [0.717, 1.165) is 46.6 Å². The Hall–Kier alpha value is -3.40. The number of urea groups is 1. The molecule has 30 heavy (non-hydrogen) atoms. The number of nitrogens with one attached hydrogen (secondary N) is 4. The number of H-pyrrole nitrogens is 1. The molecule has 2 aliphatic rings. The van der Waals surface area contributed by atoms with Crippen LogP contribution in [0.5, 0.6) is 0 Å². The molecule has 1 aliphatic heterocycles. The van der Waals surface area contributed by atoms with Crippen LogP contribution in [-0.2, 0) is 6.54 Å². The molecule has 0 atom stereocenters. The minimum atomic E-state index is -0.145. The first-order chi connectivity index (χ1) is 14.6. The number of aryl methyl sites for hydroxylation is 1. The van der Waals surface area contributed by atoms with Crippen molar-refractivity contribution >= 4 is 35.3 Å². The third kappa shape index (κ3) is 4.28. The number of nitrogens with zero attached hydrogens (tertiary/aromatic N) is 4. The number of rotatable bonds is 6. The molecule has 1 saturated carbocycles.